The SMILES string of the molecule is CC(C)(C)C1C[CH]([Zn])C1. The Kier molecular flexibility index (Phi) is 2.01. The van der Waals surface area contributed by atoms with E-state index in [1.165, 1.54) is 31.1 Å². The predicted molar refractivity (Wildman–Crippen MR) is 35.9 cm³/mol. The van der Waals surface area contributed by atoms with Gasteiger partial charge in [-0.2, -0.15) is 0 Å². The van der Waals surface area contributed by atoms with Gasteiger partial charge in [0.15, 0.2) is 0 Å². The first-order valence-corrected chi connectivity index (χ1v) is 5.54. The standard InChI is InChI=1S/C8H15.Zn/c1-8(2,3)7-5-4-6-7;/h4,7H,5-6H2,1-3H3;. The van der Waals surface area contributed by atoms with E-state index in [4.69, 9.17) is 0 Å². The van der Waals surface area contributed by atoms with Crippen LogP contribution in [-0.4, -0.2) is 0 Å². The van der Waals surface area contributed by atoms with Crippen LogP contribution in [0.3, 0.4) is 0 Å². The molecule has 1 saturated carbocycles. The topological polar surface area (TPSA) is 0 Å². The van der Waals surface area contributed by atoms with E-state index in [9.17, 15) is 0 Å². The van der Waals surface area contributed by atoms with Gasteiger partial charge in [-0.3, -0.25) is 0 Å². The molecule has 49 valence electrons. The summed E-state index contributed by atoms with van der Waals surface area (Å²) >= 11 is 1.52. The average Bonchev–Trinajstić information content (AvgIpc) is 1.55. The Labute approximate surface area is 68.1 Å². The van der Waals surface area contributed by atoms with E-state index in [1.54, 1.807) is 0 Å². The van der Waals surface area contributed by atoms with E-state index in [2.05, 4.69) is 20.8 Å². The van der Waals surface area contributed by atoms with Crippen LogP contribution < -0.4 is 0 Å². The molecule has 0 spiro atoms. The molecule has 0 N–H and O–H groups in total. The molecule has 0 heterocycles. The van der Waals surface area contributed by atoms with Crippen LogP contribution in [0.2, 0.25) is 4.51 Å². The van der Waals surface area contributed by atoms with Crippen molar-refractivity contribution in [1.29, 1.82) is 0 Å². The molecule has 0 bridgehead atoms. The average molecular weight is 177 g/mol. The van der Waals surface area contributed by atoms with Gasteiger partial charge in [0, 0.05) is 0 Å². The van der Waals surface area contributed by atoms with Crippen molar-refractivity contribution < 1.29 is 18.3 Å². The summed E-state index contributed by atoms with van der Waals surface area (Å²) in [4.78, 5) is 0. The predicted octanol–water partition coefficient (Wildman–Crippen LogP) is 2.78. The molecule has 0 radical (unpaired) electrons. The molecule has 1 heteroatoms. The van der Waals surface area contributed by atoms with Crippen molar-refractivity contribution in [3.8, 4) is 0 Å². The summed E-state index contributed by atoms with van der Waals surface area (Å²) < 4.78 is 1.13. The fourth-order valence-electron chi connectivity index (χ4n) is 1.44. The third-order valence-corrected chi connectivity index (χ3v) is 3.86. The van der Waals surface area contributed by atoms with E-state index in [0.717, 1.165) is 10.4 Å². The summed E-state index contributed by atoms with van der Waals surface area (Å²) in [5.41, 5.74) is 0.596. The van der Waals surface area contributed by atoms with Crippen LogP contribution >= 0.6 is 0 Å². The van der Waals surface area contributed by atoms with Crippen LogP contribution in [0.15, 0.2) is 0 Å². The van der Waals surface area contributed by atoms with Gasteiger partial charge in [0.05, 0.1) is 0 Å². The molecule has 1 aliphatic rings. The van der Waals surface area contributed by atoms with E-state index in [1.807, 2.05) is 0 Å². The molecule has 0 saturated heterocycles. The molecular formula is C8H15Zn. The van der Waals surface area contributed by atoms with E-state index in [-0.39, 0.29) is 0 Å². The summed E-state index contributed by atoms with van der Waals surface area (Å²) in [6, 6.07) is 0. The summed E-state index contributed by atoms with van der Waals surface area (Å²) in [5.74, 6) is 1.04. The minimum absolute atomic E-state index is 0.596. The Balaban J connectivity index is 2.32. The Morgan fingerprint density at radius 1 is 1.22 bits per heavy atom. The van der Waals surface area contributed by atoms with Crippen molar-refractivity contribution in [3.63, 3.8) is 0 Å². The van der Waals surface area contributed by atoms with Crippen LogP contribution in [0.4, 0.5) is 0 Å². The zero-order valence-corrected chi connectivity index (χ0v) is 9.74. The zero-order valence-electron chi connectivity index (χ0n) is 6.78. The number of hydrogen-bond donors (Lipinski definition) is 0. The van der Waals surface area contributed by atoms with Crippen LogP contribution in [0.1, 0.15) is 33.6 Å². The van der Waals surface area contributed by atoms with Gasteiger partial charge < -0.3 is 0 Å². The molecule has 0 atom stereocenters. The second-order valence-electron chi connectivity index (χ2n) is 4.40. The van der Waals surface area contributed by atoms with Gasteiger partial charge in [-0.1, -0.05) is 0 Å². The maximum absolute atomic E-state index is 2.36. The Morgan fingerprint density at radius 2 is 1.67 bits per heavy atom. The third-order valence-electron chi connectivity index (χ3n) is 2.46. The van der Waals surface area contributed by atoms with Crippen LogP contribution in [0.5, 0.6) is 0 Å². The van der Waals surface area contributed by atoms with Gasteiger partial charge >= 0.3 is 67.8 Å². The molecule has 0 amide bonds. The summed E-state index contributed by atoms with van der Waals surface area (Å²) in [5, 5.41) is 0. The number of rotatable bonds is 0. The Bertz CT molecular complexity index is 95.6. The summed E-state index contributed by atoms with van der Waals surface area (Å²) in [6.07, 6.45) is 3.03. The van der Waals surface area contributed by atoms with Gasteiger partial charge in [0.25, 0.3) is 0 Å². The normalized spacial score (nSPS) is 36.1. The molecule has 1 rings (SSSR count). The van der Waals surface area contributed by atoms with Crippen molar-refractivity contribution in [2.75, 3.05) is 0 Å². The van der Waals surface area contributed by atoms with Crippen molar-refractivity contribution >= 4 is 0 Å². The molecule has 9 heavy (non-hydrogen) atoms. The van der Waals surface area contributed by atoms with Crippen LogP contribution in [0, 0.1) is 11.3 Å². The van der Waals surface area contributed by atoms with Crippen molar-refractivity contribution in [3.05, 3.63) is 0 Å². The monoisotopic (exact) mass is 175 g/mol. The zero-order chi connectivity index (χ0) is 7.07. The molecule has 0 aromatic heterocycles. The van der Waals surface area contributed by atoms with Gasteiger partial charge in [-0.05, 0) is 0 Å². The first kappa shape index (κ1) is 7.73. The van der Waals surface area contributed by atoms with Crippen molar-refractivity contribution in [2.45, 2.75) is 38.1 Å². The van der Waals surface area contributed by atoms with Crippen LogP contribution in [-0.2, 0) is 18.3 Å². The molecular weight excluding hydrogens is 161 g/mol. The Hall–Kier alpha value is 0.623. The van der Waals surface area contributed by atoms with E-state index >= 15 is 0 Å². The molecule has 0 aromatic rings. The molecule has 1 fully saturated rings. The van der Waals surface area contributed by atoms with E-state index in [0.29, 0.717) is 5.41 Å². The molecule has 0 nitrogen and oxygen atoms in total. The third kappa shape index (κ3) is 1.77. The molecule has 0 aromatic carbocycles. The number of hydrogen-bond acceptors (Lipinski definition) is 0. The summed E-state index contributed by atoms with van der Waals surface area (Å²) in [7, 11) is 0. The van der Waals surface area contributed by atoms with Gasteiger partial charge in [0.1, 0.15) is 0 Å². The minimum atomic E-state index is 0.596. The van der Waals surface area contributed by atoms with E-state index < -0.39 is 0 Å². The van der Waals surface area contributed by atoms with Crippen molar-refractivity contribution in [2.24, 2.45) is 11.3 Å². The van der Waals surface area contributed by atoms with Crippen LogP contribution in [0.25, 0.3) is 0 Å². The first-order valence-electron chi connectivity index (χ1n) is 3.83. The molecule has 0 unspecified atom stereocenters. The fraction of sp³-hybridized carbons (Fsp3) is 1.00. The molecule has 0 aliphatic heterocycles. The maximum atomic E-state index is 2.36. The quantitative estimate of drug-likeness (QED) is 0.498. The fourth-order valence-corrected chi connectivity index (χ4v) is 3.13. The van der Waals surface area contributed by atoms with Crippen molar-refractivity contribution in [1.82, 2.24) is 0 Å². The second-order valence-corrected chi connectivity index (χ2v) is 6.82. The first-order chi connectivity index (χ1) is 4.00. The van der Waals surface area contributed by atoms with Gasteiger partial charge in [0.2, 0.25) is 0 Å². The van der Waals surface area contributed by atoms with Gasteiger partial charge in [-0.15, -0.1) is 0 Å². The summed E-state index contributed by atoms with van der Waals surface area (Å²) in [6.45, 7) is 7.09. The second kappa shape index (κ2) is 2.34. The molecule has 1 aliphatic carbocycles. The Morgan fingerprint density at radius 3 is 1.78 bits per heavy atom. The van der Waals surface area contributed by atoms with Gasteiger partial charge in [-0.25, -0.2) is 0 Å².